The number of hydrogen-bond donors (Lipinski definition) is 4. The van der Waals surface area contributed by atoms with Crippen LogP contribution in [0.3, 0.4) is 0 Å². The van der Waals surface area contributed by atoms with Crippen LogP contribution in [0.1, 0.15) is 42.9 Å². The number of piperazine rings is 1. The number of rotatable bonds is 7. The number of piperidine rings is 2. The summed E-state index contributed by atoms with van der Waals surface area (Å²) < 4.78 is 1.50. The molecule has 2 aromatic carbocycles. The smallest absolute Gasteiger partial charge is 0.338 e. The zero-order valence-electron chi connectivity index (χ0n) is 28.3. The van der Waals surface area contributed by atoms with Gasteiger partial charge in [0.25, 0.3) is 0 Å². The molecule has 0 saturated carbocycles. The number of nitrogens with one attached hydrogen (secondary N) is 4. The maximum atomic E-state index is 14.1. The predicted molar refractivity (Wildman–Crippen MR) is 186 cm³/mol. The molecular weight excluding hydrogens is 624 g/mol. The van der Waals surface area contributed by atoms with Crippen molar-refractivity contribution in [1.29, 1.82) is 0 Å². The first-order chi connectivity index (χ1) is 23.7. The molecule has 260 valence electrons. The quantitative estimate of drug-likeness (QED) is 0.234. The van der Waals surface area contributed by atoms with E-state index in [1.807, 2.05) is 54.3 Å². The lowest BCUT2D eigenvalue weighted by Crippen LogP contribution is -2.59. The summed E-state index contributed by atoms with van der Waals surface area (Å²) in [5.41, 5.74) is 3.45. The van der Waals surface area contributed by atoms with E-state index in [9.17, 15) is 19.2 Å². The number of imidazole rings is 1. The summed E-state index contributed by atoms with van der Waals surface area (Å²) in [7, 11) is 2.17. The van der Waals surface area contributed by atoms with Gasteiger partial charge in [-0.2, -0.15) is 0 Å². The number of fused-ring (bicyclic) bond motifs is 1. The summed E-state index contributed by atoms with van der Waals surface area (Å²) in [5.74, 6) is 0.430. The van der Waals surface area contributed by atoms with Crippen molar-refractivity contribution in [2.24, 2.45) is 0 Å². The van der Waals surface area contributed by atoms with E-state index < -0.39 is 6.04 Å². The number of benzene rings is 2. The Morgan fingerprint density at radius 1 is 0.857 bits per heavy atom. The van der Waals surface area contributed by atoms with Crippen LogP contribution < -0.4 is 16.7 Å². The third-order valence-corrected chi connectivity index (χ3v) is 10.5. The Labute approximate surface area is 284 Å². The van der Waals surface area contributed by atoms with Gasteiger partial charge in [0, 0.05) is 57.3 Å². The maximum absolute atomic E-state index is 14.1. The molecule has 3 amide bonds. The molecule has 0 radical (unpaired) electrons. The van der Waals surface area contributed by atoms with Gasteiger partial charge in [0.15, 0.2) is 5.82 Å². The Bertz CT molecular complexity index is 1890. The molecule has 1 atom stereocenters. The van der Waals surface area contributed by atoms with Gasteiger partial charge in [-0.05, 0) is 69.9 Å². The van der Waals surface area contributed by atoms with E-state index >= 15 is 0 Å². The number of aromatic amines is 3. The second kappa shape index (κ2) is 14.0. The summed E-state index contributed by atoms with van der Waals surface area (Å²) in [4.78, 5) is 69.7. The normalized spacial score (nSPS) is 19.4. The fourth-order valence-corrected chi connectivity index (χ4v) is 7.70. The van der Waals surface area contributed by atoms with Gasteiger partial charge in [0.1, 0.15) is 6.04 Å². The molecule has 7 rings (SSSR count). The molecule has 3 aliphatic rings. The lowest BCUT2D eigenvalue weighted by Gasteiger charge is -2.43. The predicted octanol–water partition coefficient (Wildman–Crippen LogP) is 1.91. The minimum absolute atomic E-state index is 0.0944. The molecule has 4 aromatic rings. The largest absolute Gasteiger partial charge is 0.343 e. The third-order valence-electron chi connectivity index (χ3n) is 10.5. The second-order valence-corrected chi connectivity index (χ2v) is 13.8. The number of urea groups is 1. The van der Waals surface area contributed by atoms with E-state index in [2.05, 4.69) is 42.2 Å². The number of aryl methyl sites for hydroxylation is 1. The van der Waals surface area contributed by atoms with E-state index in [0.717, 1.165) is 61.2 Å². The van der Waals surface area contributed by atoms with E-state index in [4.69, 9.17) is 0 Å². The summed E-state index contributed by atoms with van der Waals surface area (Å²) >= 11 is 0. The molecule has 3 saturated heterocycles. The molecule has 0 aliphatic carbocycles. The van der Waals surface area contributed by atoms with Crippen LogP contribution in [0.25, 0.3) is 22.4 Å². The van der Waals surface area contributed by atoms with Gasteiger partial charge < -0.3 is 30.0 Å². The van der Waals surface area contributed by atoms with Crippen molar-refractivity contribution < 1.29 is 9.59 Å². The summed E-state index contributed by atoms with van der Waals surface area (Å²) in [6, 6.07) is 12.7. The number of hydrogen-bond acceptors (Lipinski definition) is 7. The van der Waals surface area contributed by atoms with Crippen LogP contribution >= 0.6 is 0 Å². The Morgan fingerprint density at radius 2 is 1.55 bits per heavy atom. The molecule has 5 heterocycles. The van der Waals surface area contributed by atoms with Gasteiger partial charge >= 0.3 is 17.4 Å². The van der Waals surface area contributed by atoms with Gasteiger partial charge in [0.05, 0.1) is 17.1 Å². The average Bonchev–Trinajstić information content (AvgIpc) is 3.70. The van der Waals surface area contributed by atoms with Crippen molar-refractivity contribution in [1.82, 2.24) is 49.6 Å². The molecule has 1 unspecified atom stereocenters. The number of amides is 3. The molecule has 4 N–H and O–H groups in total. The Morgan fingerprint density at radius 3 is 2.27 bits per heavy atom. The van der Waals surface area contributed by atoms with Gasteiger partial charge in [0.2, 0.25) is 5.91 Å². The molecule has 49 heavy (non-hydrogen) atoms. The topological polar surface area (TPSA) is 158 Å². The monoisotopic (exact) mass is 670 g/mol. The first-order valence-electron chi connectivity index (χ1n) is 17.4. The lowest BCUT2D eigenvalue weighted by atomic mass is 10.0. The molecule has 0 spiro atoms. The molecule has 2 aromatic heterocycles. The van der Waals surface area contributed by atoms with Crippen molar-refractivity contribution in [3.63, 3.8) is 0 Å². The second-order valence-electron chi connectivity index (χ2n) is 13.8. The highest BCUT2D eigenvalue weighted by Gasteiger charge is 2.34. The van der Waals surface area contributed by atoms with E-state index in [1.54, 1.807) is 4.90 Å². The summed E-state index contributed by atoms with van der Waals surface area (Å²) in [6.45, 7) is 7.86. The molecule has 3 aliphatic heterocycles. The number of H-pyrrole nitrogens is 3. The molecule has 3 fully saturated rings. The first kappa shape index (κ1) is 32.8. The average molecular weight is 671 g/mol. The van der Waals surface area contributed by atoms with Crippen LogP contribution in [-0.4, -0.2) is 128 Å². The van der Waals surface area contributed by atoms with Crippen molar-refractivity contribution in [2.45, 2.75) is 57.2 Å². The molecule has 0 bridgehead atoms. The zero-order chi connectivity index (χ0) is 34.1. The standard InChI is InChI=1S/C35H46N10O4/c1-23-20-24(21-28-30(23)38-33(47)36-28)22-29(32(46)43-18-16-42(17-19-43)26-8-12-41(2)13-9-26)37-34(48)44-14-10-27(11-15-44)45-35(49)39-31(40-45)25-6-4-3-5-7-25/h3-7,20-21,26-27,29H,8-19,22H2,1-2H3,(H,37,48)(H2,36,38,47)(H,39,40,49). The van der Waals surface area contributed by atoms with Gasteiger partial charge in [-0.15, -0.1) is 5.10 Å². The van der Waals surface area contributed by atoms with Crippen LogP contribution in [0, 0.1) is 6.92 Å². The van der Waals surface area contributed by atoms with Crippen molar-refractivity contribution in [3.05, 3.63) is 74.6 Å². The fourth-order valence-electron chi connectivity index (χ4n) is 7.70. The minimum atomic E-state index is -0.773. The van der Waals surface area contributed by atoms with E-state index in [-0.39, 0.29) is 29.4 Å². The minimum Gasteiger partial charge on any atom is -0.338 e. The Balaban J connectivity index is 1.03. The van der Waals surface area contributed by atoms with Crippen LogP contribution in [0.5, 0.6) is 0 Å². The van der Waals surface area contributed by atoms with Gasteiger partial charge in [-0.1, -0.05) is 36.4 Å². The summed E-state index contributed by atoms with van der Waals surface area (Å²) in [5, 5.41) is 7.64. The van der Waals surface area contributed by atoms with E-state index in [1.165, 1.54) is 4.68 Å². The number of aromatic nitrogens is 5. The van der Waals surface area contributed by atoms with Crippen LogP contribution in [-0.2, 0) is 11.2 Å². The highest BCUT2D eigenvalue weighted by Crippen LogP contribution is 2.24. The third kappa shape index (κ3) is 7.20. The number of carbonyl (C=O) groups is 2. The Kier molecular flexibility index (Phi) is 9.41. The number of likely N-dealkylation sites (tertiary alicyclic amines) is 2. The lowest BCUT2D eigenvalue weighted by molar-refractivity contribution is -0.135. The Hall–Kier alpha value is -4.69. The SMILES string of the molecule is Cc1cc(CC(NC(=O)N2CCC(n3nc(-c4ccccc4)[nH]c3=O)CC2)C(=O)N2CCN(C3CCN(C)CC3)CC2)cc2[nH]c(=O)[nH]c12. The maximum Gasteiger partial charge on any atom is 0.343 e. The fraction of sp³-hybridized carbons (Fsp3) is 0.514. The van der Waals surface area contributed by atoms with Crippen molar-refractivity contribution >= 4 is 23.0 Å². The first-order valence-corrected chi connectivity index (χ1v) is 17.4. The van der Waals surface area contributed by atoms with Crippen LogP contribution in [0.15, 0.2) is 52.1 Å². The highest BCUT2D eigenvalue weighted by molar-refractivity contribution is 5.88. The number of carbonyl (C=O) groups excluding carboxylic acids is 2. The van der Waals surface area contributed by atoms with Crippen molar-refractivity contribution in [2.75, 3.05) is 59.4 Å². The molecule has 14 nitrogen and oxygen atoms in total. The van der Waals surface area contributed by atoms with Gasteiger partial charge in [-0.25, -0.2) is 19.1 Å². The molecule has 14 heteroatoms. The van der Waals surface area contributed by atoms with Gasteiger partial charge in [-0.3, -0.25) is 14.7 Å². The van der Waals surface area contributed by atoms with Crippen LogP contribution in [0.2, 0.25) is 0 Å². The highest BCUT2D eigenvalue weighted by atomic mass is 16.2. The zero-order valence-corrected chi connectivity index (χ0v) is 28.3. The molecular formula is C35H46N10O4. The summed E-state index contributed by atoms with van der Waals surface area (Å²) in [6.07, 6.45) is 3.73. The number of nitrogens with zero attached hydrogens (tertiary/aromatic N) is 6. The van der Waals surface area contributed by atoms with Crippen LogP contribution in [0.4, 0.5) is 4.79 Å². The van der Waals surface area contributed by atoms with E-state index in [0.29, 0.717) is 62.8 Å². The van der Waals surface area contributed by atoms with Crippen molar-refractivity contribution in [3.8, 4) is 11.4 Å².